The van der Waals surface area contributed by atoms with E-state index >= 15 is 0 Å². The van der Waals surface area contributed by atoms with Crippen LogP contribution in [0.1, 0.15) is 30.4 Å². The number of para-hydroxylation sites is 2. The fraction of sp³-hybridized carbons (Fsp3) is 0.462. The van der Waals surface area contributed by atoms with Gasteiger partial charge in [-0.2, -0.15) is 0 Å². The van der Waals surface area contributed by atoms with Crippen molar-refractivity contribution >= 4 is 11.9 Å². The molecule has 1 amide bonds. The molecule has 0 bridgehead atoms. The average molecular weight is 469 g/mol. The third kappa shape index (κ3) is 5.62. The molecule has 0 aromatic heterocycles. The second kappa shape index (κ2) is 11.2. The summed E-state index contributed by atoms with van der Waals surface area (Å²) in [5.41, 5.74) is 2.03. The van der Waals surface area contributed by atoms with Crippen LogP contribution in [0.3, 0.4) is 0 Å². The standard InChI is InChI=1S/C26H32N2O6/c1-31-23-8-3-4-9-24(23)34-18-25(29)28-13-14-33-22-11-10-19(15-20(22)17-28)16-27-12-6-5-7-21(27)26(30)32-2/h3-4,8-11,15,21H,5-7,12-14,16-18H2,1-2H3/t21-/m1/s1. The number of carbonyl (C=O) groups is 2. The molecule has 34 heavy (non-hydrogen) atoms. The lowest BCUT2D eigenvalue weighted by atomic mass is 10.0. The first-order valence-corrected chi connectivity index (χ1v) is 11.7. The molecule has 4 rings (SSSR count). The van der Waals surface area contributed by atoms with Crippen LogP contribution in [0.4, 0.5) is 0 Å². The molecule has 8 heteroatoms. The number of methoxy groups -OCH3 is 2. The largest absolute Gasteiger partial charge is 0.493 e. The normalized spacial score (nSPS) is 18.3. The lowest BCUT2D eigenvalue weighted by molar-refractivity contribution is -0.148. The number of fused-ring (bicyclic) bond motifs is 1. The van der Waals surface area contributed by atoms with Gasteiger partial charge in [-0.05, 0) is 49.2 Å². The van der Waals surface area contributed by atoms with E-state index in [1.807, 2.05) is 24.3 Å². The molecule has 2 aliphatic rings. The van der Waals surface area contributed by atoms with E-state index in [-0.39, 0.29) is 24.5 Å². The highest BCUT2D eigenvalue weighted by molar-refractivity contribution is 5.78. The first kappa shape index (κ1) is 23.9. The molecule has 2 aromatic rings. The first-order chi connectivity index (χ1) is 16.6. The van der Waals surface area contributed by atoms with Crippen molar-refractivity contribution in [3.05, 3.63) is 53.6 Å². The summed E-state index contributed by atoms with van der Waals surface area (Å²) in [6.07, 6.45) is 2.91. The van der Waals surface area contributed by atoms with Gasteiger partial charge >= 0.3 is 5.97 Å². The zero-order valence-corrected chi connectivity index (χ0v) is 19.8. The predicted octanol–water partition coefficient (Wildman–Crippen LogP) is 3.02. The van der Waals surface area contributed by atoms with E-state index in [9.17, 15) is 9.59 Å². The highest BCUT2D eigenvalue weighted by Crippen LogP contribution is 2.28. The summed E-state index contributed by atoms with van der Waals surface area (Å²) in [5.74, 6) is 1.62. The van der Waals surface area contributed by atoms with Crippen LogP contribution in [0, 0.1) is 0 Å². The molecular formula is C26H32N2O6. The summed E-state index contributed by atoms with van der Waals surface area (Å²) in [6, 6.07) is 13.1. The molecule has 2 aliphatic heterocycles. The number of rotatable bonds is 7. The summed E-state index contributed by atoms with van der Waals surface area (Å²) in [5, 5.41) is 0. The maximum absolute atomic E-state index is 12.9. The Kier molecular flexibility index (Phi) is 7.90. The molecule has 0 saturated carbocycles. The van der Waals surface area contributed by atoms with E-state index < -0.39 is 0 Å². The van der Waals surface area contributed by atoms with Gasteiger partial charge in [0.15, 0.2) is 18.1 Å². The van der Waals surface area contributed by atoms with E-state index in [1.165, 1.54) is 7.11 Å². The maximum atomic E-state index is 12.9. The minimum absolute atomic E-state index is 0.0794. The van der Waals surface area contributed by atoms with Crippen LogP contribution in [-0.2, 0) is 27.4 Å². The van der Waals surface area contributed by atoms with Crippen LogP contribution >= 0.6 is 0 Å². The molecule has 182 valence electrons. The van der Waals surface area contributed by atoms with Crippen molar-refractivity contribution in [2.75, 3.05) is 40.5 Å². The van der Waals surface area contributed by atoms with Gasteiger partial charge in [0.25, 0.3) is 5.91 Å². The van der Waals surface area contributed by atoms with Gasteiger partial charge in [0.2, 0.25) is 0 Å². The smallest absolute Gasteiger partial charge is 0.323 e. The second-order valence-corrected chi connectivity index (χ2v) is 8.55. The van der Waals surface area contributed by atoms with Gasteiger partial charge in [0.1, 0.15) is 18.4 Å². The Morgan fingerprint density at radius 2 is 1.88 bits per heavy atom. The Balaban J connectivity index is 1.42. The molecule has 8 nitrogen and oxygen atoms in total. The lowest BCUT2D eigenvalue weighted by Crippen LogP contribution is -2.44. The molecule has 1 saturated heterocycles. The van der Waals surface area contributed by atoms with E-state index in [4.69, 9.17) is 18.9 Å². The molecule has 0 radical (unpaired) electrons. The van der Waals surface area contributed by atoms with Gasteiger partial charge < -0.3 is 23.8 Å². The molecule has 0 aliphatic carbocycles. The van der Waals surface area contributed by atoms with Crippen molar-refractivity contribution in [3.8, 4) is 17.2 Å². The molecule has 2 heterocycles. The number of carbonyl (C=O) groups excluding carboxylic acids is 2. The van der Waals surface area contributed by atoms with Gasteiger partial charge in [-0.3, -0.25) is 14.5 Å². The number of amides is 1. The van der Waals surface area contributed by atoms with Crippen LogP contribution in [0.5, 0.6) is 17.2 Å². The number of piperidine rings is 1. The van der Waals surface area contributed by atoms with E-state index in [0.29, 0.717) is 37.7 Å². The Morgan fingerprint density at radius 1 is 1.06 bits per heavy atom. The number of ether oxygens (including phenoxy) is 4. The zero-order chi connectivity index (χ0) is 23.9. The SMILES string of the molecule is COC(=O)[C@H]1CCCCN1Cc1ccc2c(c1)CN(C(=O)COc1ccccc1OC)CCO2. The predicted molar refractivity (Wildman–Crippen MR) is 126 cm³/mol. The average Bonchev–Trinajstić information content (AvgIpc) is 3.09. The van der Waals surface area contributed by atoms with Gasteiger partial charge in [-0.25, -0.2) is 0 Å². The monoisotopic (exact) mass is 468 g/mol. The number of nitrogens with zero attached hydrogens (tertiary/aromatic N) is 2. The summed E-state index contributed by atoms with van der Waals surface area (Å²) in [7, 11) is 3.01. The summed E-state index contributed by atoms with van der Waals surface area (Å²) >= 11 is 0. The van der Waals surface area contributed by atoms with Crippen LogP contribution in [0.25, 0.3) is 0 Å². The Labute approximate surface area is 200 Å². The third-order valence-electron chi connectivity index (χ3n) is 6.35. The third-order valence-corrected chi connectivity index (χ3v) is 6.35. The molecule has 2 aromatic carbocycles. The second-order valence-electron chi connectivity index (χ2n) is 8.55. The topological polar surface area (TPSA) is 77.5 Å². The van der Waals surface area contributed by atoms with E-state index in [1.54, 1.807) is 24.1 Å². The van der Waals surface area contributed by atoms with Gasteiger partial charge in [-0.1, -0.05) is 24.6 Å². The van der Waals surface area contributed by atoms with Crippen molar-refractivity contribution in [2.45, 2.75) is 38.4 Å². The van der Waals surface area contributed by atoms with E-state index in [0.717, 1.165) is 42.7 Å². The lowest BCUT2D eigenvalue weighted by Gasteiger charge is -2.33. The quantitative estimate of drug-likeness (QED) is 0.578. The number of esters is 1. The molecule has 0 N–H and O–H groups in total. The molecule has 1 atom stereocenters. The molecule has 1 fully saturated rings. The fourth-order valence-corrected chi connectivity index (χ4v) is 4.55. The number of hydrogen-bond acceptors (Lipinski definition) is 7. The van der Waals surface area contributed by atoms with Crippen LogP contribution in [-0.4, -0.2) is 68.2 Å². The van der Waals surface area contributed by atoms with Gasteiger partial charge in [-0.15, -0.1) is 0 Å². The first-order valence-electron chi connectivity index (χ1n) is 11.7. The van der Waals surface area contributed by atoms with Crippen LogP contribution in [0.2, 0.25) is 0 Å². The highest BCUT2D eigenvalue weighted by atomic mass is 16.5. The van der Waals surface area contributed by atoms with Crippen molar-refractivity contribution in [3.63, 3.8) is 0 Å². The number of hydrogen-bond donors (Lipinski definition) is 0. The van der Waals surface area contributed by atoms with Gasteiger partial charge in [0.05, 0.1) is 20.8 Å². The molecular weight excluding hydrogens is 436 g/mol. The van der Waals surface area contributed by atoms with Crippen molar-refractivity contribution in [1.29, 1.82) is 0 Å². The number of likely N-dealkylation sites (tertiary alicyclic amines) is 1. The molecule has 0 spiro atoms. The minimum Gasteiger partial charge on any atom is -0.493 e. The van der Waals surface area contributed by atoms with Crippen LogP contribution in [0.15, 0.2) is 42.5 Å². The van der Waals surface area contributed by atoms with Crippen molar-refractivity contribution in [1.82, 2.24) is 9.80 Å². The fourth-order valence-electron chi connectivity index (χ4n) is 4.55. The summed E-state index contributed by atoms with van der Waals surface area (Å²) in [6.45, 7) is 2.77. The highest BCUT2D eigenvalue weighted by Gasteiger charge is 2.29. The summed E-state index contributed by atoms with van der Waals surface area (Å²) in [4.78, 5) is 29.1. The Morgan fingerprint density at radius 3 is 2.68 bits per heavy atom. The Hall–Kier alpha value is -3.26. The molecule has 0 unspecified atom stereocenters. The minimum atomic E-state index is -0.209. The van der Waals surface area contributed by atoms with Crippen molar-refractivity contribution in [2.24, 2.45) is 0 Å². The maximum Gasteiger partial charge on any atom is 0.323 e. The summed E-state index contributed by atoms with van der Waals surface area (Å²) < 4.78 is 21.9. The Bertz CT molecular complexity index is 1010. The van der Waals surface area contributed by atoms with E-state index in [2.05, 4.69) is 11.0 Å². The van der Waals surface area contributed by atoms with Crippen molar-refractivity contribution < 1.29 is 28.5 Å². The zero-order valence-electron chi connectivity index (χ0n) is 19.8. The van der Waals surface area contributed by atoms with Gasteiger partial charge in [0, 0.05) is 18.7 Å². The number of benzene rings is 2. The van der Waals surface area contributed by atoms with Crippen LogP contribution < -0.4 is 14.2 Å².